The summed E-state index contributed by atoms with van der Waals surface area (Å²) < 4.78 is 15.1. The molecule has 0 aliphatic carbocycles. The molecule has 0 aliphatic heterocycles. The van der Waals surface area contributed by atoms with Crippen LogP contribution >= 0.6 is 27.5 Å². The summed E-state index contributed by atoms with van der Waals surface area (Å²) in [4.78, 5) is 0. The van der Waals surface area contributed by atoms with Crippen LogP contribution in [0.5, 0.6) is 0 Å². The van der Waals surface area contributed by atoms with Gasteiger partial charge in [0.25, 0.3) is 0 Å². The Hall–Kier alpha value is -0.900. The molecule has 106 valence electrons. The van der Waals surface area contributed by atoms with Crippen LogP contribution in [0.2, 0.25) is 5.02 Å². The van der Waals surface area contributed by atoms with Gasteiger partial charge in [0.1, 0.15) is 5.82 Å². The lowest BCUT2D eigenvalue weighted by Gasteiger charge is -2.19. The van der Waals surface area contributed by atoms with Crippen molar-refractivity contribution in [1.82, 2.24) is 5.32 Å². The molecule has 2 aromatic carbocycles. The summed E-state index contributed by atoms with van der Waals surface area (Å²) in [6, 6.07) is 12.9. The highest BCUT2D eigenvalue weighted by Gasteiger charge is 2.15. The summed E-state index contributed by atoms with van der Waals surface area (Å²) in [5.74, 6) is -0.263. The molecule has 2 aromatic rings. The van der Waals surface area contributed by atoms with Crippen molar-refractivity contribution in [2.45, 2.75) is 19.4 Å². The maximum absolute atomic E-state index is 14.1. The lowest BCUT2D eigenvalue weighted by atomic mass is 9.98. The molecule has 1 unspecified atom stereocenters. The summed E-state index contributed by atoms with van der Waals surface area (Å²) in [6.07, 6.45) is 0.736. The van der Waals surface area contributed by atoms with Gasteiger partial charge in [0.2, 0.25) is 0 Å². The number of benzene rings is 2. The number of nitrogens with one attached hydrogen (secondary N) is 1. The molecule has 4 heteroatoms. The Bertz CT molecular complexity index is 571. The Morgan fingerprint density at radius 1 is 1.20 bits per heavy atom. The van der Waals surface area contributed by atoms with Gasteiger partial charge in [0.15, 0.2) is 0 Å². The predicted octanol–water partition coefficient (Wildman–Crippen LogP) is 5.13. The topological polar surface area (TPSA) is 12.0 Å². The Kier molecular flexibility index (Phi) is 5.58. The fourth-order valence-corrected chi connectivity index (χ4v) is 2.60. The first-order valence-electron chi connectivity index (χ1n) is 6.53. The van der Waals surface area contributed by atoms with Crippen LogP contribution in [0.25, 0.3) is 0 Å². The van der Waals surface area contributed by atoms with E-state index in [4.69, 9.17) is 11.6 Å². The van der Waals surface area contributed by atoms with Crippen LogP contribution in [0, 0.1) is 5.82 Å². The van der Waals surface area contributed by atoms with E-state index in [1.165, 1.54) is 6.07 Å². The molecule has 0 saturated heterocycles. The van der Waals surface area contributed by atoms with Crippen LogP contribution in [0.4, 0.5) is 4.39 Å². The predicted molar refractivity (Wildman–Crippen MR) is 85.7 cm³/mol. The van der Waals surface area contributed by atoms with Crippen molar-refractivity contribution in [3.63, 3.8) is 0 Å². The van der Waals surface area contributed by atoms with Crippen molar-refractivity contribution in [2.24, 2.45) is 0 Å². The lowest BCUT2D eigenvalue weighted by Crippen LogP contribution is -2.24. The van der Waals surface area contributed by atoms with Gasteiger partial charge in [0.05, 0.1) is 0 Å². The number of likely N-dealkylation sites (N-methyl/N-ethyl adjacent to an activating group) is 1. The molecular weight excluding hydrogens is 341 g/mol. The Morgan fingerprint density at radius 3 is 2.50 bits per heavy atom. The minimum atomic E-state index is -0.263. The van der Waals surface area contributed by atoms with E-state index in [2.05, 4.69) is 21.2 Å². The van der Waals surface area contributed by atoms with E-state index in [9.17, 15) is 4.39 Å². The van der Waals surface area contributed by atoms with Crippen LogP contribution in [0.15, 0.2) is 46.9 Å². The first kappa shape index (κ1) is 15.5. The van der Waals surface area contributed by atoms with Gasteiger partial charge in [-0.1, -0.05) is 52.7 Å². The van der Waals surface area contributed by atoms with E-state index in [-0.39, 0.29) is 11.9 Å². The van der Waals surface area contributed by atoms with E-state index in [1.807, 2.05) is 31.2 Å². The second-order valence-corrected chi connectivity index (χ2v) is 5.96. The number of hydrogen-bond acceptors (Lipinski definition) is 1. The molecule has 0 heterocycles. The van der Waals surface area contributed by atoms with E-state index in [1.54, 1.807) is 12.1 Å². The average Bonchev–Trinajstić information content (AvgIpc) is 2.41. The van der Waals surface area contributed by atoms with Gasteiger partial charge in [-0.3, -0.25) is 0 Å². The smallest absolute Gasteiger partial charge is 0.129 e. The second-order valence-electron chi connectivity index (χ2n) is 4.61. The van der Waals surface area contributed by atoms with Crippen LogP contribution in [-0.4, -0.2) is 6.54 Å². The van der Waals surface area contributed by atoms with E-state index < -0.39 is 0 Å². The van der Waals surface area contributed by atoms with E-state index >= 15 is 0 Å². The van der Waals surface area contributed by atoms with Crippen molar-refractivity contribution in [3.8, 4) is 0 Å². The number of hydrogen-bond donors (Lipinski definition) is 1. The van der Waals surface area contributed by atoms with Crippen LogP contribution in [0.3, 0.4) is 0 Å². The summed E-state index contributed by atoms with van der Waals surface area (Å²) in [5, 5.41) is 3.75. The molecule has 0 spiro atoms. The van der Waals surface area contributed by atoms with Crippen molar-refractivity contribution in [1.29, 1.82) is 0 Å². The van der Waals surface area contributed by atoms with Gasteiger partial charge < -0.3 is 5.32 Å². The number of halogens is 3. The molecule has 0 aliphatic rings. The fourth-order valence-electron chi connectivity index (χ4n) is 2.18. The SMILES string of the molecule is CCNC(Cc1ccc(Br)cc1)c1ccc(Cl)cc1F. The molecule has 2 rings (SSSR count). The van der Waals surface area contributed by atoms with Gasteiger partial charge in [-0.2, -0.15) is 0 Å². The molecule has 1 N–H and O–H groups in total. The van der Waals surface area contributed by atoms with Gasteiger partial charge >= 0.3 is 0 Å². The van der Waals surface area contributed by atoms with Crippen LogP contribution in [0.1, 0.15) is 24.1 Å². The molecule has 0 saturated carbocycles. The highest BCUT2D eigenvalue weighted by molar-refractivity contribution is 9.10. The van der Waals surface area contributed by atoms with Crippen molar-refractivity contribution in [3.05, 3.63) is 68.9 Å². The summed E-state index contributed by atoms with van der Waals surface area (Å²) >= 11 is 9.23. The first-order chi connectivity index (χ1) is 9.60. The zero-order chi connectivity index (χ0) is 14.5. The standard InChI is InChI=1S/C16H16BrClFN/c1-2-20-16(9-11-3-5-12(17)6-4-11)14-8-7-13(18)10-15(14)19/h3-8,10,16,20H,2,9H2,1H3. The maximum Gasteiger partial charge on any atom is 0.129 e. The zero-order valence-electron chi connectivity index (χ0n) is 11.2. The van der Waals surface area contributed by atoms with Crippen molar-refractivity contribution in [2.75, 3.05) is 6.54 Å². The monoisotopic (exact) mass is 355 g/mol. The van der Waals surface area contributed by atoms with E-state index in [0.717, 1.165) is 23.0 Å². The molecule has 0 amide bonds. The summed E-state index contributed by atoms with van der Waals surface area (Å²) in [7, 11) is 0. The highest BCUT2D eigenvalue weighted by atomic mass is 79.9. The van der Waals surface area contributed by atoms with Crippen LogP contribution < -0.4 is 5.32 Å². The molecule has 1 nitrogen and oxygen atoms in total. The molecular formula is C16H16BrClFN. The molecule has 20 heavy (non-hydrogen) atoms. The summed E-state index contributed by atoms with van der Waals surface area (Å²) in [6.45, 7) is 2.80. The van der Waals surface area contributed by atoms with Gasteiger partial charge in [-0.25, -0.2) is 4.39 Å². The van der Waals surface area contributed by atoms with Gasteiger partial charge in [0, 0.05) is 21.1 Å². The fraction of sp³-hybridized carbons (Fsp3) is 0.250. The average molecular weight is 357 g/mol. The third kappa shape index (κ3) is 4.05. The molecule has 0 fully saturated rings. The highest BCUT2D eigenvalue weighted by Crippen LogP contribution is 2.24. The molecule has 1 atom stereocenters. The van der Waals surface area contributed by atoms with Gasteiger partial charge in [-0.05, 0) is 42.8 Å². The lowest BCUT2D eigenvalue weighted by molar-refractivity contribution is 0.510. The largest absolute Gasteiger partial charge is 0.310 e. The van der Waals surface area contributed by atoms with Crippen molar-refractivity contribution < 1.29 is 4.39 Å². The second kappa shape index (κ2) is 7.21. The Labute approximate surface area is 132 Å². The van der Waals surface area contributed by atoms with Crippen molar-refractivity contribution >= 4 is 27.5 Å². The third-order valence-corrected chi connectivity index (χ3v) is 3.91. The molecule has 0 aromatic heterocycles. The Morgan fingerprint density at radius 2 is 1.90 bits per heavy atom. The van der Waals surface area contributed by atoms with E-state index in [0.29, 0.717) is 10.6 Å². The molecule has 0 bridgehead atoms. The minimum Gasteiger partial charge on any atom is -0.310 e. The maximum atomic E-state index is 14.1. The Balaban J connectivity index is 2.24. The van der Waals surface area contributed by atoms with Gasteiger partial charge in [-0.15, -0.1) is 0 Å². The zero-order valence-corrected chi connectivity index (χ0v) is 13.5. The quantitative estimate of drug-likeness (QED) is 0.782. The first-order valence-corrected chi connectivity index (χ1v) is 7.70. The normalized spacial score (nSPS) is 12.4. The molecule has 0 radical (unpaired) electrons. The third-order valence-electron chi connectivity index (χ3n) is 3.14. The summed E-state index contributed by atoms with van der Waals surface area (Å²) in [5.41, 5.74) is 1.81. The van der Waals surface area contributed by atoms with Crippen LogP contribution in [-0.2, 0) is 6.42 Å². The number of rotatable bonds is 5. The minimum absolute atomic E-state index is 0.0570.